The monoisotopic (exact) mass is 225 g/mol. The molecule has 0 aromatic rings. The molecule has 2 N–H and O–H groups in total. The highest BCUT2D eigenvalue weighted by molar-refractivity contribution is 5.81. The number of guanidine groups is 1. The van der Waals surface area contributed by atoms with Gasteiger partial charge >= 0.3 is 0 Å². The first-order valence-corrected chi connectivity index (χ1v) is 6.29. The third-order valence-electron chi connectivity index (χ3n) is 3.99. The zero-order valence-electron chi connectivity index (χ0n) is 10.4. The maximum Gasteiger partial charge on any atom is 0.193 e. The van der Waals surface area contributed by atoms with Crippen molar-refractivity contribution >= 4 is 5.96 Å². The normalized spacial score (nSPS) is 35.1. The number of nitrogens with one attached hydrogen (secondary N) is 1. The molecule has 0 amide bonds. The summed E-state index contributed by atoms with van der Waals surface area (Å²) >= 11 is 0. The summed E-state index contributed by atoms with van der Waals surface area (Å²) in [6.07, 6.45) is 4.29. The molecule has 2 aliphatic rings. The average molecular weight is 225 g/mol. The van der Waals surface area contributed by atoms with E-state index in [0.717, 1.165) is 44.9 Å². The van der Waals surface area contributed by atoms with Crippen molar-refractivity contribution in [3.63, 3.8) is 0 Å². The van der Waals surface area contributed by atoms with Crippen molar-refractivity contribution in [2.75, 3.05) is 26.7 Å². The Morgan fingerprint density at radius 3 is 3.00 bits per heavy atom. The number of aliphatic imine (C=N–C) groups is 1. The number of rotatable bonds is 2. The van der Waals surface area contributed by atoms with E-state index >= 15 is 0 Å². The molecule has 1 aliphatic carbocycles. The van der Waals surface area contributed by atoms with Crippen molar-refractivity contribution in [2.24, 2.45) is 10.4 Å². The Hall–Kier alpha value is -0.770. The second-order valence-corrected chi connectivity index (χ2v) is 5.40. The molecule has 1 heterocycles. The lowest BCUT2D eigenvalue weighted by molar-refractivity contribution is 0.00378. The summed E-state index contributed by atoms with van der Waals surface area (Å²) in [5.74, 6) is 0.985. The zero-order chi connectivity index (χ0) is 11.6. The number of likely N-dealkylation sites (N-methyl/N-ethyl adjacent to an activating group) is 1. The highest BCUT2D eigenvalue weighted by Crippen LogP contribution is 2.35. The molecule has 0 spiro atoms. The van der Waals surface area contributed by atoms with Crippen molar-refractivity contribution < 1.29 is 5.11 Å². The third-order valence-corrected chi connectivity index (χ3v) is 3.99. The summed E-state index contributed by atoms with van der Waals surface area (Å²) in [4.78, 5) is 6.54. The number of aliphatic hydroxyl groups excluding tert-OH is 1. The Labute approximate surface area is 97.7 Å². The summed E-state index contributed by atoms with van der Waals surface area (Å²) in [6, 6.07) is 0. The molecule has 1 aliphatic heterocycles. The van der Waals surface area contributed by atoms with Gasteiger partial charge in [0.25, 0.3) is 0 Å². The molecule has 92 valence electrons. The van der Waals surface area contributed by atoms with Gasteiger partial charge in [-0.1, -0.05) is 19.8 Å². The van der Waals surface area contributed by atoms with Gasteiger partial charge in [0.05, 0.1) is 12.6 Å². The van der Waals surface area contributed by atoms with Gasteiger partial charge in [-0.2, -0.15) is 0 Å². The number of nitrogens with zero attached hydrogens (tertiary/aromatic N) is 2. The first-order valence-electron chi connectivity index (χ1n) is 6.29. The first-order chi connectivity index (χ1) is 7.62. The SMILES string of the molecule is CN1CCN=C1NCC1(C)CCCCC1O. The Kier molecular flexibility index (Phi) is 3.38. The molecular formula is C12H23N3O. The van der Waals surface area contributed by atoms with Crippen LogP contribution in [0.25, 0.3) is 0 Å². The zero-order valence-corrected chi connectivity index (χ0v) is 10.4. The molecule has 0 bridgehead atoms. The summed E-state index contributed by atoms with van der Waals surface area (Å²) in [5.41, 5.74) is 0.0181. The second-order valence-electron chi connectivity index (χ2n) is 5.40. The van der Waals surface area contributed by atoms with E-state index in [-0.39, 0.29) is 11.5 Å². The van der Waals surface area contributed by atoms with E-state index in [2.05, 4.69) is 29.2 Å². The first kappa shape index (κ1) is 11.7. The fraction of sp³-hybridized carbons (Fsp3) is 0.917. The van der Waals surface area contributed by atoms with Gasteiger partial charge in [0.1, 0.15) is 0 Å². The van der Waals surface area contributed by atoms with Gasteiger partial charge < -0.3 is 15.3 Å². The fourth-order valence-electron chi connectivity index (χ4n) is 2.59. The molecule has 2 unspecified atom stereocenters. The number of hydrogen-bond donors (Lipinski definition) is 2. The number of hydrogen-bond acceptors (Lipinski definition) is 4. The smallest absolute Gasteiger partial charge is 0.193 e. The summed E-state index contributed by atoms with van der Waals surface area (Å²) in [5, 5.41) is 13.5. The molecule has 16 heavy (non-hydrogen) atoms. The van der Waals surface area contributed by atoms with Crippen LogP contribution < -0.4 is 5.32 Å². The van der Waals surface area contributed by atoms with Crippen LogP contribution in [0.5, 0.6) is 0 Å². The van der Waals surface area contributed by atoms with Crippen molar-refractivity contribution in [3.8, 4) is 0 Å². The molecule has 2 atom stereocenters. The Morgan fingerprint density at radius 1 is 1.56 bits per heavy atom. The lowest BCUT2D eigenvalue weighted by Gasteiger charge is -2.39. The van der Waals surface area contributed by atoms with Gasteiger partial charge in [0.15, 0.2) is 5.96 Å². The van der Waals surface area contributed by atoms with Crippen LogP contribution in [0.2, 0.25) is 0 Å². The predicted octanol–water partition coefficient (Wildman–Crippen LogP) is 0.819. The third kappa shape index (κ3) is 2.32. The van der Waals surface area contributed by atoms with Gasteiger partial charge in [-0.15, -0.1) is 0 Å². The largest absolute Gasteiger partial charge is 0.392 e. The highest BCUT2D eigenvalue weighted by atomic mass is 16.3. The molecule has 0 aromatic carbocycles. The highest BCUT2D eigenvalue weighted by Gasteiger charge is 2.35. The van der Waals surface area contributed by atoms with Crippen molar-refractivity contribution in [2.45, 2.75) is 38.7 Å². The van der Waals surface area contributed by atoms with Gasteiger partial charge in [-0.25, -0.2) is 0 Å². The Bertz CT molecular complexity index is 279. The van der Waals surface area contributed by atoms with Crippen LogP contribution in [-0.2, 0) is 0 Å². The van der Waals surface area contributed by atoms with Crippen molar-refractivity contribution in [1.29, 1.82) is 0 Å². The van der Waals surface area contributed by atoms with Gasteiger partial charge in [-0.05, 0) is 12.8 Å². The summed E-state index contributed by atoms with van der Waals surface area (Å²) < 4.78 is 0. The lowest BCUT2D eigenvalue weighted by Crippen LogP contribution is -2.47. The fourth-order valence-corrected chi connectivity index (χ4v) is 2.59. The van der Waals surface area contributed by atoms with Gasteiger partial charge in [0, 0.05) is 25.6 Å². The van der Waals surface area contributed by atoms with Crippen LogP contribution in [-0.4, -0.2) is 48.8 Å². The molecule has 1 fully saturated rings. The topological polar surface area (TPSA) is 47.9 Å². The molecule has 4 nitrogen and oxygen atoms in total. The Morgan fingerprint density at radius 2 is 2.38 bits per heavy atom. The molecule has 4 heteroatoms. The summed E-state index contributed by atoms with van der Waals surface area (Å²) in [7, 11) is 2.05. The lowest BCUT2D eigenvalue weighted by atomic mass is 9.73. The standard InChI is InChI=1S/C12H23N3O/c1-12(6-4-3-5-10(12)16)9-14-11-13-7-8-15(11)2/h10,16H,3-9H2,1-2H3,(H,13,14). The van der Waals surface area contributed by atoms with Gasteiger partial charge in [0.2, 0.25) is 0 Å². The van der Waals surface area contributed by atoms with E-state index in [4.69, 9.17) is 0 Å². The predicted molar refractivity (Wildman–Crippen MR) is 65.5 cm³/mol. The minimum atomic E-state index is -0.166. The number of aliphatic hydroxyl groups is 1. The average Bonchev–Trinajstić information content (AvgIpc) is 2.66. The molecule has 0 radical (unpaired) electrons. The maximum atomic E-state index is 10.1. The van der Waals surface area contributed by atoms with Crippen LogP contribution in [0.4, 0.5) is 0 Å². The maximum absolute atomic E-state index is 10.1. The van der Waals surface area contributed by atoms with E-state index in [1.165, 1.54) is 6.42 Å². The molecular weight excluding hydrogens is 202 g/mol. The van der Waals surface area contributed by atoms with Crippen LogP contribution in [0, 0.1) is 5.41 Å². The van der Waals surface area contributed by atoms with E-state index in [9.17, 15) is 5.11 Å². The molecule has 0 saturated heterocycles. The molecule has 0 aromatic heterocycles. The van der Waals surface area contributed by atoms with E-state index in [1.807, 2.05) is 0 Å². The summed E-state index contributed by atoms with van der Waals surface area (Å²) in [6.45, 7) is 4.90. The van der Waals surface area contributed by atoms with E-state index in [0.29, 0.717) is 0 Å². The minimum Gasteiger partial charge on any atom is -0.392 e. The van der Waals surface area contributed by atoms with Crippen LogP contribution in [0.1, 0.15) is 32.6 Å². The van der Waals surface area contributed by atoms with Gasteiger partial charge in [-0.3, -0.25) is 4.99 Å². The van der Waals surface area contributed by atoms with Crippen LogP contribution >= 0.6 is 0 Å². The minimum absolute atomic E-state index is 0.0181. The molecule has 1 saturated carbocycles. The van der Waals surface area contributed by atoms with Crippen LogP contribution in [0.15, 0.2) is 4.99 Å². The second kappa shape index (κ2) is 4.62. The van der Waals surface area contributed by atoms with E-state index < -0.39 is 0 Å². The Balaban J connectivity index is 1.88. The van der Waals surface area contributed by atoms with Crippen molar-refractivity contribution in [3.05, 3.63) is 0 Å². The quantitative estimate of drug-likeness (QED) is 0.731. The van der Waals surface area contributed by atoms with Crippen LogP contribution in [0.3, 0.4) is 0 Å². The van der Waals surface area contributed by atoms with E-state index in [1.54, 1.807) is 0 Å². The van der Waals surface area contributed by atoms with Crippen molar-refractivity contribution in [1.82, 2.24) is 10.2 Å². The molecule has 2 rings (SSSR count).